The van der Waals surface area contributed by atoms with Crippen LogP contribution in [0.1, 0.15) is 27.7 Å². The normalized spacial score (nSPS) is 17.4. The highest BCUT2D eigenvalue weighted by Crippen LogP contribution is 2.00. The molecule has 2 N–H and O–H groups in total. The largest absolute Gasteiger partial charge is 0.395 e. The van der Waals surface area contributed by atoms with Crippen molar-refractivity contribution in [3.8, 4) is 0 Å². The minimum absolute atomic E-state index is 0.219. The Balaban J connectivity index is 3.46. The van der Waals surface area contributed by atoms with E-state index in [0.29, 0.717) is 12.0 Å². The van der Waals surface area contributed by atoms with Crippen molar-refractivity contribution in [2.75, 3.05) is 6.61 Å². The fourth-order valence-electron chi connectivity index (χ4n) is 0.694. The lowest BCUT2D eigenvalue weighted by atomic mass is 10.1. The van der Waals surface area contributed by atoms with Gasteiger partial charge >= 0.3 is 0 Å². The fourth-order valence-corrected chi connectivity index (χ4v) is 0.694. The van der Waals surface area contributed by atoms with E-state index in [1.165, 1.54) is 0 Å². The third-order valence-electron chi connectivity index (χ3n) is 1.82. The van der Waals surface area contributed by atoms with Gasteiger partial charge in [-0.25, -0.2) is 0 Å². The second-order valence-corrected chi connectivity index (χ2v) is 3.28. The van der Waals surface area contributed by atoms with Crippen molar-refractivity contribution in [1.29, 1.82) is 0 Å². The second kappa shape index (κ2) is 4.69. The summed E-state index contributed by atoms with van der Waals surface area (Å²) in [6.45, 7) is 8.68. The summed E-state index contributed by atoms with van der Waals surface area (Å²) in [6, 6.07) is 0.708. The average molecular weight is 145 g/mol. The van der Waals surface area contributed by atoms with Gasteiger partial charge in [-0.05, 0) is 19.8 Å². The number of aliphatic hydroxyl groups excluding tert-OH is 1. The van der Waals surface area contributed by atoms with Gasteiger partial charge in [-0.1, -0.05) is 13.8 Å². The summed E-state index contributed by atoms with van der Waals surface area (Å²) in [5.41, 5.74) is 0. The van der Waals surface area contributed by atoms with Crippen LogP contribution < -0.4 is 5.32 Å². The second-order valence-electron chi connectivity index (χ2n) is 3.28. The van der Waals surface area contributed by atoms with Crippen molar-refractivity contribution in [3.05, 3.63) is 0 Å². The van der Waals surface area contributed by atoms with Gasteiger partial charge in [0, 0.05) is 12.1 Å². The quantitative estimate of drug-likeness (QED) is 0.618. The molecule has 0 saturated heterocycles. The smallest absolute Gasteiger partial charge is 0.0582 e. The summed E-state index contributed by atoms with van der Waals surface area (Å²) in [6.07, 6.45) is 0. The van der Waals surface area contributed by atoms with Crippen molar-refractivity contribution >= 4 is 0 Å². The highest BCUT2D eigenvalue weighted by Gasteiger charge is 2.08. The highest BCUT2D eigenvalue weighted by atomic mass is 16.3. The first kappa shape index (κ1) is 9.92. The van der Waals surface area contributed by atoms with E-state index < -0.39 is 0 Å². The molecule has 0 aromatic carbocycles. The summed E-state index contributed by atoms with van der Waals surface area (Å²) < 4.78 is 0. The lowest BCUT2D eigenvalue weighted by Crippen LogP contribution is -2.39. The predicted molar refractivity (Wildman–Crippen MR) is 44.0 cm³/mol. The van der Waals surface area contributed by atoms with Gasteiger partial charge in [0.25, 0.3) is 0 Å². The Morgan fingerprint density at radius 2 is 1.70 bits per heavy atom. The summed E-state index contributed by atoms with van der Waals surface area (Å²) in [5, 5.41) is 12.0. The molecular weight excluding hydrogens is 126 g/mol. The van der Waals surface area contributed by atoms with Crippen molar-refractivity contribution in [2.24, 2.45) is 5.92 Å². The van der Waals surface area contributed by atoms with Gasteiger partial charge in [0.1, 0.15) is 0 Å². The molecule has 0 saturated carbocycles. The minimum Gasteiger partial charge on any atom is -0.395 e. The monoisotopic (exact) mass is 145 g/mol. The van der Waals surface area contributed by atoms with Crippen LogP contribution >= 0.6 is 0 Å². The molecule has 0 bridgehead atoms. The zero-order valence-electron chi connectivity index (χ0n) is 7.39. The Labute approximate surface area is 63.6 Å². The van der Waals surface area contributed by atoms with E-state index in [2.05, 4.69) is 26.1 Å². The van der Waals surface area contributed by atoms with Gasteiger partial charge in [-0.15, -0.1) is 0 Å². The Bertz CT molecular complexity index is 83.3. The number of aliphatic hydroxyl groups is 1. The van der Waals surface area contributed by atoms with E-state index in [9.17, 15) is 0 Å². The molecule has 2 heteroatoms. The van der Waals surface area contributed by atoms with Crippen LogP contribution in [0.3, 0.4) is 0 Å². The third kappa shape index (κ3) is 3.85. The number of nitrogens with one attached hydrogen (secondary N) is 1. The maximum absolute atomic E-state index is 8.70. The molecule has 0 aromatic rings. The molecular formula is C8H19NO. The van der Waals surface area contributed by atoms with E-state index in [1.54, 1.807) is 0 Å². The number of hydrogen-bond donors (Lipinski definition) is 2. The van der Waals surface area contributed by atoms with Crippen molar-refractivity contribution in [2.45, 2.75) is 39.8 Å². The maximum atomic E-state index is 8.70. The van der Waals surface area contributed by atoms with Crippen LogP contribution in [0.2, 0.25) is 0 Å². The molecule has 0 aliphatic rings. The van der Waals surface area contributed by atoms with E-state index >= 15 is 0 Å². The fraction of sp³-hybridized carbons (Fsp3) is 1.00. The van der Waals surface area contributed by atoms with Gasteiger partial charge in [0.15, 0.2) is 0 Å². The molecule has 0 rings (SSSR count). The third-order valence-corrected chi connectivity index (χ3v) is 1.82. The van der Waals surface area contributed by atoms with Crippen molar-refractivity contribution in [3.63, 3.8) is 0 Å². The van der Waals surface area contributed by atoms with Gasteiger partial charge in [-0.2, -0.15) is 0 Å². The van der Waals surface area contributed by atoms with Gasteiger partial charge < -0.3 is 10.4 Å². The molecule has 10 heavy (non-hydrogen) atoms. The van der Waals surface area contributed by atoms with Crippen LogP contribution in [0, 0.1) is 5.92 Å². The SMILES string of the molecule is CC(C)[C@H](C)N[C@@H](C)CO. The lowest BCUT2D eigenvalue weighted by Gasteiger charge is -2.21. The molecule has 0 unspecified atom stereocenters. The zero-order chi connectivity index (χ0) is 8.15. The first-order valence-corrected chi connectivity index (χ1v) is 3.94. The first-order chi connectivity index (χ1) is 4.57. The van der Waals surface area contributed by atoms with E-state index in [-0.39, 0.29) is 12.6 Å². The summed E-state index contributed by atoms with van der Waals surface area (Å²) >= 11 is 0. The molecule has 0 heterocycles. The Morgan fingerprint density at radius 1 is 1.20 bits per heavy atom. The molecule has 2 atom stereocenters. The van der Waals surface area contributed by atoms with Gasteiger partial charge in [-0.3, -0.25) is 0 Å². The topological polar surface area (TPSA) is 32.3 Å². The average Bonchev–Trinajstić information content (AvgIpc) is 1.87. The van der Waals surface area contributed by atoms with Crippen LogP contribution in [-0.2, 0) is 0 Å². The molecule has 0 aliphatic heterocycles. The zero-order valence-corrected chi connectivity index (χ0v) is 7.39. The van der Waals surface area contributed by atoms with E-state index in [4.69, 9.17) is 5.11 Å². The van der Waals surface area contributed by atoms with E-state index in [0.717, 1.165) is 0 Å². The van der Waals surface area contributed by atoms with Crippen LogP contribution in [0.5, 0.6) is 0 Å². The van der Waals surface area contributed by atoms with Crippen LogP contribution in [-0.4, -0.2) is 23.8 Å². The lowest BCUT2D eigenvalue weighted by molar-refractivity contribution is 0.233. The number of rotatable bonds is 4. The molecule has 0 spiro atoms. The van der Waals surface area contributed by atoms with Crippen LogP contribution in [0.15, 0.2) is 0 Å². The molecule has 0 aliphatic carbocycles. The highest BCUT2D eigenvalue weighted by molar-refractivity contribution is 4.68. The molecule has 62 valence electrons. The molecule has 0 aromatic heterocycles. The van der Waals surface area contributed by atoms with Gasteiger partial charge in [0.05, 0.1) is 6.61 Å². The van der Waals surface area contributed by atoms with Gasteiger partial charge in [0.2, 0.25) is 0 Å². The van der Waals surface area contributed by atoms with Crippen LogP contribution in [0.4, 0.5) is 0 Å². The predicted octanol–water partition coefficient (Wildman–Crippen LogP) is 1.00. The summed E-state index contributed by atoms with van der Waals surface area (Å²) in [5.74, 6) is 0.633. The Morgan fingerprint density at radius 3 is 2.00 bits per heavy atom. The Hall–Kier alpha value is -0.0800. The number of hydrogen-bond acceptors (Lipinski definition) is 2. The van der Waals surface area contributed by atoms with E-state index in [1.807, 2.05) is 6.92 Å². The Kier molecular flexibility index (Phi) is 4.65. The molecule has 0 fully saturated rings. The minimum atomic E-state index is 0.219. The molecule has 0 radical (unpaired) electrons. The standard InChI is InChI=1S/C8H19NO/c1-6(2)8(4)9-7(3)5-10/h6-10H,5H2,1-4H3/t7-,8-/m0/s1. The summed E-state index contributed by atoms with van der Waals surface area (Å²) in [7, 11) is 0. The maximum Gasteiger partial charge on any atom is 0.0582 e. The van der Waals surface area contributed by atoms with Crippen molar-refractivity contribution in [1.82, 2.24) is 5.32 Å². The summed E-state index contributed by atoms with van der Waals surface area (Å²) in [4.78, 5) is 0. The molecule has 2 nitrogen and oxygen atoms in total. The van der Waals surface area contributed by atoms with Crippen molar-refractivity contribution < 1.29 is 5.11 Å². The first-order valence-electron chi connectivity index (χ1n) is 3.94. The van der Waals surface area contributed by atoms with Crippen LogP contribution in [0.25, 0.3) is 0 Å². The molecule has 0 amide bonds.